The summed E-state index contributed by atoms with van der Waals surface area (Å²) in [7, 11) is -4.10. The van der Waals surface area contributed by atoms with Crippen molar-refractivity contribution in [3.8, 4) is 11.5 Å². The fourth-order valence-corrected chi connectivity index (χ4v) is 4.66. The minimum atomic E-state index is -4.10. The Morgan fingerprint density at radius 2 is 1.68 bits per heavy atom. The molecule has 0 atom stereocenters. The Hall–Kier alpha value is -3.85. The lowest BCUT2D eigenvalue weighted by Gasteiger charge is -2.25. The van der Waals surface area contributed by atoms with Crippen molar-refractivity contribution in [1.29, 1.82) is 0 Å². The number of ether oxygens (including phenoxy) is 1. The van der Waals surface area contributed by atoms with E-state index in [9.17, 15) is 18.3 Å². The van der Waals surface area contributed by atoms with Gasteiger partial charge in [-0.2, -0.15) is 5.10 Å². The number of rotatable bonds is 9. The number of aryl methyl sites for hydroxylation is 1. The number of anilines is 1. The molecule has 0 aliphatic carbocycles. The van der Waals surface area contributed by atoms with Gasteiger partial charge < -0.3 is 9.84 Å². The van der Waals surface area contributed by atoms with E-state index in [1.165, 1.54) is 18.2 Å². The normalized spacial score (nSPS) is 11.7. The number of nitrogens with zero attached hydrogens (tertiary/aromatic N) is 2. The molecule has 0 fully saturated rings. The lowest BCUT2D eigenvalue weighted by Crippen LogP contribution is -2.40. The Labute approximate surface area is 199 Å². The van der Waals surface area contributed by atoms with E-state index in [2.05, 4.69) is 10.5 Å². The van der Waals surface area contributed by atoms with Gasteiger partial charge in [-0.3, -0.25) is 9.10 Å². The first-order chi connectivity index (χ1) is 16.2. The molecule has 0 saturated heterocycles. The number of hydrogen-bond donors (Lipinski definition) is 2. The molecule has 1 amide bonds. The van der Waals surface area contributed by atoms with Crippen LogP contribution in [0.25, 0.3) is 0 Å². The molecule has 3 aromatic rings. The summed E-state index contributed by atoms with van der Waals surface area (Å²) in [5, 5.41) is 14.0. The zero-order chi connectivity index (χ0) is 24.7. The van der Waals surface area contributed by atoms with E-state index < -0.39 is 22.5 Å². The van der Waals surface area contributed by atoms with E-state index in [-0.39, 0.29) is 16.3 Å². The monoisotopic (exact) mass is 481 g/mol. The first-order valence-electron chi connectivity index (χ1n) is 10.7. The zero-order valence-electron chi connectivity index (χ0n) is 19.2. The fraction of sp³-hybridized carbons (Fsp3) is 0.200. The average Bonchev–Trinajstić information content (AvgIpc) is 2.82. The second kappa shape index (κ2) is 10.8. The molecular weight excluding hydrogens is 454 g/mol. The van der Waals surface area contributed by atoms with E-state index in [4.69, 9.17) is 4.74 Å². The van der Waals surface area contributed by atoms with E-state index in [1.807, 2.05) is 6.92 Å². The highest BCUT2D eigenvalue weighted by atomic mass is 32.2. The predicted octanol–water partition coefficient (Wildman–Crippen LogP) is 3.84. The quantitative estimate of drug-likeness (QED) is 0.357. The van der Waals surface area contributed by atoms with Crippen LogP contribution in [0.5, 0.6) is 11.5 Å². The second-order valence-electron chi connectivity index (χ2n) is 7.47. The van der Waals surface area contributed by atoms with Gasteiger partial charge >= 0.3 is 0 Å². The fourth-order valence-electron chi connectivity index (χ4n) is 3.23. The van der Waals surface area contributed by atoms with Gasteiger partial charge in [0.1, 0.15) is 18.0 Å². The summed E-state index contributed by atoms with van der Waals surface area (Å²) in [6, 6.07) is 19.6. The summed E-state index contributed by atoms with van der Waals surface area (Å²) in [4.78, 5) is 12.9. The highest BCUT2D eigenvalue weighted by molar-refractivity contribution is 7.92. The number of para-hydroxylation sites is 3. The molecule has 0 aliphatic heterocycles. The van der Waals surface area contributed by atoms with Gasteiger partial charge in [-0.25, -0.2) is 13.8 Å². The molecule has 0 spiro atoms. The maximum atomic E-state index is 13.6. The molecule has 0 unspecified atom stereocenters. The van der Waals surface area contributed by atoms with E-state index >= 15 is 0 Å². The molecule has 9 heteroatoms. The summed E-state index contributed by atoms with van der Waals surface area (Å²) < 4.78 is 33.8. The van der Waals surface area contributed by atoms with Crippen LogP contribution in [0.2, 0.25) is 0 Å². The number of hydrazone groups is 1. The number of hydrogen-bond acceptors (Lipinski definition) is 6. The maximum Gasteiger partial charge on any atom is 0.264 e. The molecule has 178 valence electrons. The van der Waals surface area contributed by atoms with Crippen molar-refractivity contribution in [1.82, 2.24) is 5.43 Å². The van der Waals surface area contributed by atoms with Gasteiger partial charge in [0.15, 0.2) is 0 Å². The molecule has 0 aliphatic rings. The highest BCUT2D eigenvalue weighted by Crippen LogP contribution is 2.32. The number of phenolic OH excluding ortho intramolecular Hbond substituents is 1. The predicted molar refractivity (Wildman–Crippen MR) is 132 cm³/mol. The summed E-state index contributed by atoms with van der Waals surface area (Å²) in [5.74, 6) is -0.300. The number of amides is 1. The summed E-state index contributed by atoms with van der Waals surface area (Å²) in [6.07, 6.45) is 0. The first-order valence-corrected chi connectivity index (χ1v) is 12.1. The van der Waals surface area contributed by atoms with Crippen molar-refractivity contribution in [3.05, 3.63) is 83.9 Å². The van der Waals surface area contributed by atoms with Crippen LogP contribution in [0.3, 0.4) is 0 Å². The number of carbonyl (C=O) groups excluding carboxylic acids is 1. The van der Waals surface area contributed by atoms with Gasteiger partial charge in [0, 0.05) is 5.56 Å². The number of sulfonamides is 1. The molecule has 0 radical (unpaired) electrons. The van der Waals surface area contributed by atoms with Crippen LogP contribution in [0, 0.1) is 6.92 Å². The number of phenols is 1. The third kappa shape index (κ3) is 5.74. The Kier molecular flexibility index (Phi) is 7.91. The van der Waals surface area contributed by atoms with Gasteiger partial charge in [-0.1, -0.05) is 42.0 Å². The highest BCUT2D eigenvalue weighted by Gasteiger charge is 2.29. The van der Waals surface area contributed by atoms with Crippen molar-refractivity contribution in [2.75, 3.05) is 17.5 Å². The Bertz CT molecular complexity index is 1290. The summed E-state index contributed by atoms with van der Waals surface area (Å²) in [6.45, 7) is 5.07. The van der Waals surface area contributed by atoms with Crippen LogP contribution in [0.1, 0.15) is 25.0 Å². The SMILES string of the molecule is CCOc1ccccc1N(CC(=O)N/N=C(/C)c1ccccc1O)S(=O)(=O)c1ccc(C)cc1. The largest absolute Gasteiger partial charge is 0.507 e. The van der Waals surface area contributed by atoms with Crippen LogP contribution in [-0.2, 0) is 14.8 Å². The summed E-state index contributed by atoms with van der Waals surface area (Å²) in [5.41, 5.74) is 4.35. The molecule has 34 heavy (non-hydrogen) atoms. The molecular formula is C25H27N3O5S. The van der Waals surface area contributed by atoms with Crippen LogP contribution in [0.15, 0.2) is 82.8 Å². The number of benzene rings is 3. The van der Waals surface area contributed by atoms with Gasteiger partial charge in [0.25, 0.3) is 15.9 Å². The minimum Gasteiger partial charge on any atom is -0.507 e. The van der Waals surface area contributed by atoms with Crippen molar-refractivity contribution in [2.24, 2.45) is 5.10 Å². The van der Waals surface area contributed by atoms with Gasteiger partial charge in [0.05, 0.1) is 22.9 Å². The second-order valence-corrected chi connectivity index (χ2v) is 9.34. The summed E-state index contributed by atoms with van der Waals surface area (Å²) >= 11 is 0. The zero-order valence-corrected chi connectivity index (χ0v) is 20.0. The lowest BCUT2D eigenvalue weighted by atomic mass is 10.1. The van der Waals surface area contributed by atoms with Crippen molar-refractivity contribution in [2.45, 2.75) is 25.7 Å². The molecule has 2 N–H and O–H groups in total. The Balaban J connectivity index is 1.94. The van der Waals surface area contributed by atoms with Crippen molar-refractivity contribution >= 4 is 27.3 Å². The smallest absolute Gasteiger partial charge is 0.264 e. The molecule has 8 nitrogen and oxygen atoms in total. The van der Waals surface area contributed by atoms with Gasteiger partial charge in [0.2, 0.25) is 0 Å². The topological polar surface area (TPSA) is 108 Å². The molecule has 0 aromatic heterocycles. The minimum absolute atomic E-state index is 0.0206. The van der Waals surface area contributed by atoms with E-state index in [1.54, 1.807) is 68.4 Å². The van der Waals surface area contributed by atoms with Gasteiger partial charge in [-0.15, -0.1) is 0 Å². The first kappa shape index (κ1) is 24.8. The average molecular weight is 482 g/mol. The van der Waals surface area contributed by atoms with Crippen LogP contribution in [-0.4, -0.2) is 38.3 Å². The molecule has 0 bridgehead atoms. The van der Waals surface area contributed by atoms with Gasteiger partial charge in [-0.05, 0) is 57.2 Å². The van der Waals surface area contributed by atoms with Crippen molar-refractivity contribution < 1.29 is 23.1 Å². The Morgan fingerprint density at radius 1 is 1.03 bits per heavy atom. The third-order valence-electron chi connectivity index (χ3n) is 4.97. The van der Waals surface area contributed by atoms with Crippen molar-refractivity contribution in [3.63, 3.8) is 0 Å². The standard InChI is InChI=1S/C25H27N3O5S/c1-4-33-24-12-8-6-10-22(24)28(34(31,32)20-15-13-18(2)14-16-20)17-25(30)27-26-19(3)21-9-5-7-11-23(21)29/h5-16,29H,4,17H2,1-3H3,(H,27,30)/b26-19-. The number of carbonyl (C=O) groups is 1. The maximum absolute atomic E-state index is 13.6. The van der Waals surface area contributed by atoms with E-state index in [0.29, 0.717) is 23.6 Å². The Morgan fingerprint density at radius 3 is 2.35 bits per heavy atom. The number of nitrogens with one attached hydrogen (secondary N) is 1. The van der Waals surface area contributed by atoms with Crippen LogP contribution in [0.4, 0.5) is 5.69 Å². The molecule has 3 aromatic carbocycles. The van der Waals surface area contributed by atoms with Crippen LogP contribution >= 0.6 is 0 Å². The number of aromatic hydroxyl groups is 1. The molecule has 0 saturated carbocycles. The van der Waals surface area contributed by atoms with E-state index in [0.717, 1.165) is 9.87 Å². The molecule has 0 heterocycles. The van der Waals surface area contributed by atoms with Crippen LogP contribution < -0.4 is 14.5 Å². The third-order valence-corrected chi connectivity index (χ3v) is 6.75. The molecule has 3 rings (SSSR count). The lowest BCUT2D eigenvalue weighted by molar-refractivity contribution is -0.119.